The molecule has 2 aromatic rings. The molecule has 0 aromatic heterocycles. The smallest absolute Gasteiger partial charge is 0.343 e. The fourth-order valence-electron chi connectivity index (χ4n) is 2.42. The molecule has 28 heavy (non-hydrogen) atoms. The number of carbonyl (C=O) groups is 1. The number of amides is 1. The molecule has 0 saturated heterocycles. The van der Waals surface area contributed by atoms with E-state index in [0.717, 1.165) is 30.9 Å². The third-order valence-corrected chi connectivity index (χ3v) is 5.26. The van der Waals surface area contributed by atoms with E-state index in [0.29, 0.717) is 5.69 Å². The first-order valence-corrected chi connectivity index (χ1v) is 10.2. The molecular weight excluding hydrogens is 393 g/mol. The highest BCUT2D eigenvalue weighted by molar-refractivity contribution is 7.92. The Labute approximate surface area is 162 Å². The number of anilines is 1. The molecule has 2 rings (SSSR count). The van der Waals surface area contributed by atoms with Crippen LogP contribution in [0.25, 0.3) is 0 Å². The Kier molecular flexibility index (Phi) is 7.06. The van der Waals surface area contributed by atoms with Gasteiger partial charge in [-0.3, -0.25) is 9.52 Å². The molecule has 0 aliphatic carbocycles. The van der Waals surface area contributed by atoms with Crippen LogP contribution >= 0.6 is 0 Å². The molecular formula is C19H21F3N2O3S. The number of alkyl halides is 3. The predicted molar refractivity (Wildman–Crippen MR) is 101 cm³/mol. The Bertz CT molecular complexity index is 911. The van der Waals surface area contributed by atoms with Crippen LogP contribution in [0.1, 0.15) is 35.7 Å². The molecule has 0 saturated carbocycles. The van der Waals surface area contributed by atoms with Crippen LogP contribution in [0.3, 0.4) is 0 Å². The lowest BCUT2D eigenvalue weighted by Crippen LogP contribution is -2.33. The Morgan fingerprint density at radius 2 is 1.75 bits per heavy atom. The number of hydrogen-bond donors (Lipinski definition) is 2. The summed E-state index contributed by atoms with van der Waals surface area (Å²) in [7, 11) is -3.99. The molecule has 2 aromatic carbocycles. The Balaban J connectivity index is 2.12. The van der Waals surface area contributed by atoms with Crippen LogP contribution in [0.4, 0.5) is 18.9 Å². The highest BCUT2D eigenvalue weighted by Crippen LogP contribution is 2.19. The molecule has 0 fully saturated rings. The van der Waals surface area contributed by atoms with Crippen molar-refractivity contribution in [2.45, 2.75) is 37.3 Å². The van der Waals surface area contributed by atoms with Crippen molar-refractivity contribution in [3.05, 3.63) is 59.7 Å². The fraction of sp³-hybridized carbons (Fsp3) is 0.316. The minimum atomic E-state index is -4.55. The third kappa shape index (κ3) is 6.56. The van der Waals surface area contributed by atoms with Gasteiger partial charge in [-0.15, -0.1) is 0 Å². The van der Waals surface area contributed by atoms with Gasteiger partial charge in [-0.2, -0.15) is 13.2 Å². The maximum Gasteiger partial charge on any atom is 0.405 e. The van der Waals surface area contributed by atoms with Crippen molar-refractivity contribution in [2.75, 3.05) is 11.3 Å². The number of nitrogens with one attached hydrogen (secondary N) is 2. The summed E-state index contributed by atoms with van der Waals surface area (Å²) < 4.78 is 64.1. The van der Waals surface area contributed by atoms with Crippen LogP contribution in [0.5, 0.6) is 0 Å². The molecule has 2 N–H and O–H groups in total. The van der Waals surface area contributed by atoms with E-state index in [1.165, 1.54) is 18.2 Å². The maximum atomic E-state index is 12.5. The molecule has 5 nitrogen and oxygen atoms in total. The van der Waals surface area contributed by atoms with Crippen LogP contribution in [0, 0.1) is 0 Å². The molecule has 9 heteroatoms. The summed E-state index contributed by atoms with van der Waals surface area (Å²) in [5.74, 6) is -1.00. The zero-order valence-electron chi connectivity index (χ0n) is 15.2. The second-order valence-corrected chi connectivity index (χ2v) is 7.91. The van der Waals surface area contributed by atoms with Gasteiger partial charge in [-0.05, 0) is 48.7 Å². The second-order valence-electron chi connectivity index (χ2n) is 6.23. The normalized spacial score (nSPS) is 11.9. The van der Waals surface area contributed by atoms with Crippen molar-refractivity contribution in [3.8, 4) is 0 Å². The van der Waals surface area contributed by atoms with Gasteiger partial charge in [0.2, 0.25) is 0 Å². The van der Waals surface area contributed by atoms with Gasteiger partial charge in [0, 0.05) is 11.3 Å². The molecule has 0 aliphatic heterocycles. The Morgan fingerprint density at radius 1 is 1.07 bits per heavy atom. The number of benzene rings is 2. The summed E-state index contributed by atoms with van der Waals surface area (Å²) in [6.07, 6.45) is -1.56. The molecule has 0 radical (unpaired) electrons. The molecule has 0 atom stereocenters. The van der Waals surface area contributed by atoms with Gasteiger partial charge in [0.15, 0.2) is 0 Å². The minimum absolute atomic E-state index is 0.179. The molecule has 152 valence electrons. The first-order chi connectivity index (χ1) is 13.1. The van der Waals surface area contributed by atoms with Crippen molar-refractivity contribution in [1.29, 1.82) is 0 Å². The van der Waals surface area contributed by atoms with Crippen molar-refractivity contribution >= 4 is 21.6 Å². The molecule has 0 spiro atoms. The Hall–Kier alpha value is -2.55. The van der Waals surface area contributed by atoms with E-state index in [9.17, 15) is 26.4 Å². The van der Waals surface area contributed by atoms with Crippen molar-refractivity contribution < 1.29 is 26.4 Å². The number of sulfonamides is 1. The van der Waals surface area contributed by atoms with Crippen LogP contribution in [-0.4, -0.2) is 27.0 Å². The third-order valence-electron chi connectivity index (χ3n) is 3.88. The topological polar surface area (TPSA) is 75.3 Å². The summed E-state index contributed by atoms with van der Waals surface area (Å²) in [6.45, 7) is 0.589. The van der Waals surface area contributed by atoms with Crippen LogP contribution in [0.2, 0.25) is 0 Å². The van der Waals surface area contributed by atoms with Gasteiger partial charge >= 0.3 is 6.18 Å². The summed E-state index contributed by atoms with van der Waals surface area (Å²) >= 11 is 0. The van der Waals surface area contributed by atoms with E-state index in [4.69, 9.17) is 0 Å². The Morgan fingerprint density at radius 3 is 2.36 bits per heavy atom. The van der Waals surface area contributed by atoms with Gasteiger partial charge in [0.05, 0.1) is 4.90 Å². The molecule has 0 bridgehead atoms. The van der Waals surface area contributed by atoms with E-state index in [2.05, 4.69) is 11.6 Å². The van der Waals surface area contributed by atoms with Gasteiger partial charge in [-0.1, -0.05) is 31.5 Å². The van der Waals surface area contributed by atoms with Gasteiger partial charge in [0.25, 0.3) is 15.9 Å². The molecule has 0 aliphatic rings. The van der Waals surface area contributed by atoms with E-state index < -0.39 is 28.7 Å². The van der Waals surface area contributed by atoms with Gasteiger partial charge in [0.1, 0.15) is 6.54 Å². The lowest BCUT2D eigenvalue weighted by molar-refractivity contribution is -0.123. The zero-order valence-corrected chi connectivity index (χ0v) is 16.0. The second kappa shape index (κ2) is 9.09. The maximum absolute atomic E-state index is 12.5. The molecule has 1 amide bonds. The minimum Gasteiger partial charge on any atom is -0.343 e. The van der Waals surface area contributed by atoms with E-state index in [1.54, 1.807) is 17.4 Å². The summed E-state index contributed by atoms with van der Waals surface area (Å²) in [6, 6.07) is 11.8. The number of carbonyl (C=O) groups excluding carboxylic acids is 1. The largest absolute Gasteiger partial charge is 0.405 e. The zero-order chi connectivity index (χ0) is 20.8. The van der Waals surface area contributed by atoms with Crippen molar-refractivity contribution in [2.24, 2.45) is 0 Å². The number of rotatable bonds is 8. The number of hydrogen-bond acceptors (Lipinski definition) is 3. The van der Waals surface area contributed by atoms with Gasteiger partial charge < -0.3 is 5.32 Å². The summed E-state index contributed by atoms with van der Waals surface area (Å²) in [5.41, 5.74) is 1.27. The van der Waals surface area contributed by atoms with E-state index in [-0.39, 0.29) is 10.5 Å². The van der Waals surface area contributed by atoms with E-state index >= 15 is 0 Å². The number of aryl methyl sites for hydroxylation is 1. The van der Waals surface area contributed by atoms with Gasteiger partial charge in [-0.25, -0.2) is 8.42 Å². The number of halogens is 3. The number of unbranched alkanes of at least 4 members (excludes halogenated alkanes) is 1. The summed E-state index contributed by atoms with van der Waals surface area (Å²) in [5, 5.41) is 1.71. The molecule has 0 heterocycles. The first kappa shape index (κ1) is 21.7. The SMILES string of the molecule is CCCCc1ccc(NS(=O)(=O)c2cccc(C(=O)NCC(F)(F)F)c2)cc1. The first-order valence-electron chi connectivity index (χ1n) is 8.67. The van der Waals surface area contributed by atoms with Crippen LogP contribution < -0.4 is 10.0 Å². The fourth-order valence-corrected chi connectivity index (χ4v) is 3.53. The summed E-state index contributed by atoms with van der Waals surface area (Å²) in [4.78, 5) is 11.6. The lowest BCUT2D eigenvalue weighted by atomic mass is 10.1. The standard InChI is InChI=1S/C19H21F3N2O3S/c1-2-3-5-14-8-10-16(11-9-14)24-28(26,27)17-7-4-6-15(12-17)18(25)23-13-19(20,21)22/h4,6-12,24H,2-3,5,13H2,1H3,(H,23,25). The average molecular weight is 414 g/mol. The predicted octanol–water partition coefficient (Wildman–Crippen LogP) is 4.12. The monoisotopic (exact) mass is 414 g/mol. The van der Waals surface area contributed by atoms with Crippen LogP contribution in [0.15, 0.2) is 53.4 Å². The quantitative estimate of drug-likeness (QED) is 0.682. The highest BCUT2D eigenvalue weighted by Gasteiger charge is 2.28. The molecule has 0 unspecified atom stereocenters. The van der Waals surface area contributed by atoms with Crippen molar-refractivity contribution in [1.82, 2.24) is 5.32 Å². The highest BCUT2D eigenvalue weighted by atomic mass is 32.2. The van der Waals surface area contributed by atoms with E-state index in [1.807, 2.05) is 12.1 Å². The average Bonchev–Trinajstić information content (AvgIpc) is 2.65. The van der Waals surface area contributed by atoms with Crippen LogP contribution in [-0.2, 0) is 16.4 Å². The van der Waals surface area contributed by atoms with Crippen molar-refractivity contribution in [3.63, 3.8) is 0 Å². The lowest BCUT2D eigenvalue weighted by Gasteiger charge is -2.11.